The van der Waals surface area contributed by atoms with Crippen molar-refractivity contribution in [3.05, 3.63) is 99.5 Å². The predicted molar refractivity (Wildman–Crippen MR) is 123 cm³/mol. The maximum absolute atomic E-state index is 12.8. The van der Waals surface area contributed by atoms with Crippen molar-refractivity contribution in [3.8, 4) is 5.75 Å². The van der Waals surface area contributed by atoms with Crippen LogP contribution in [0.15, 0.2) is 72.8 Å². The van der Waals surface area contributed by atoms with Crippen LogP contribution in [0.2, 0.25) is 10.0 Å². The average Bonchev–Trinajstić information content (AvgIpc) is 2.74. The lowest BCUT2D eigenvalue weighted by molar-refractivity contribution is 0.0883. The summed E-state index contributed by atoms with van der Waals surface area (Å²) in [5.74, 6) is 0.00622. The normalized spacial score (nSPS) is 10.8. The highest BCUT2D eigenvalue weighted by Gasteiger charge is 2.19. The van der Waals surface area contributed by atoms with Crippen molar-refractivity contribution in [2.75, 3.05) is 0 Å². The largest absolute Gasteiger partial charge is 0.491 e. The molecule has 2 N–H and O–H groups in total. The summed E-state index contributed by atoms with van der Waals surface area (Å²) in [6.07, 6.45) is -0.727. The first kappa shape index (κ1) is 22.7. The predicted octanol–water partition coefficient (Wildman–Crippen LogP) is 5.64. The van der Waals surface area contributed by atoms with Gasteiger partial charge in [0.15, 0.2) is 0 Å². The number of rotatable bonds is 7. The molecule has 0 atom stereocenters. The molecule has 0 aromatic heterocycles. The van der Waals surface area contributed by atoms with Crippen molar-refractivity contribution in [2.45, 2.75) is 26.1 Å². The van der Waals surface area contributed by atoms with Crippen LogP contribution in [0.25, 0.3) is 0 Å². The van der Waals surface area contributed by atoms with Crippen molar-refractivity contribution in [1.29, 1.82) is 0 Å². The Labute approximate surface area is 191 Å². The minimum Gasteiger partial charge on any atom is -0.491 e. The molecule has 0 bridgehead atoms. The summed E-state index contributed by atoms with van der Waals surface area (Å²) >= 11 is 11.8. The van der Waals surface area contributed by atoms with Gasteiger partial charge in [0.1, 0.15) is 11.9 Å². The van der Waals surface area contributed by atoms with E-state index < -0.39 is 6.17 Å². The van der Waals surface area contributed by atoms with Gasteiger partial charge in [-0.15, -0.1) is 0 Å². The van der Waals surface area contributed by atoms with Gasteiger partial charge in [-0.1, -0.05) is 35.3 Å². The molecule has 0 saturated carbocycles. The average molecular weight is 457 g/mol. The lowest BCUT2D eigenvalue weighted by atomic mass is 10.1. The van der Waals surface area contributed by atoms with E-state index in [4.69, 9.17) is 27.9 Å². The van der Waals surface area contributed by atoms with Crippen LogP contribution in [0.1, 0.15) is 46.3 Å². The summed E-state index contributed by atoms with van der Waals surface area (Å²) in [7, 11) is 0. The van der Waals surface area contributed by atoms with Crippen LogP contribution >= 0.6 is 23.2 Å². The number of halogens is 2. The fourth-order valence-electron chi connectivity index (χ4n) is 2.85. The highest BCUT2D eigenvalue weighted by atomic mass is 35.5. The molecule has 0 heterocycles. The second-order valence-corrected chi connectivity index (χ2v) is 8.00. The molecule has 3 aromatic carbocycles. The van der Waals surface area contributed by atoms with E-state index in [9.17, 15) is 9.59 Å². The molecule has 0 spiro atoms. The first-order valence-corrected chi connectivity index (χ1v) is 10.5. The summed E-state index contributed by atoms with van der Waals surface area (Å²) in [6.45, 7) is 3.88. The van der Waals surface area contributed by atoms with Gasteiger partial charge in [0.25, 0.3) is 11.8 Å². The molecule has 3 aromatic rings. The van der Waals surface area contributed by atoms with Crippen molar-refractivity contribution in [3.63, 3.8) is 0 Å². The molecule has 0 radical (unpaired) electrons. The second-order valence-electron chi connectivity index (χ2n) is 7.13. The summed E-state index contributed by atoms with van der Waals surface area (Å²) in [4.78, 5) is 25.5. The van der Waals surface area contributed by atoms with Gasteiger partial charge < -0.3 is 15.4 Å². The molecule has 0 aliphatic heterocycles. The summed E-state index contributed by atoms with van der Waals surface area (Å²) in [5, 5.41) is 6.79. The van der Waals surface area contributed by atoms with E-state index in [1.54, 1.807) is 72.8 Å². The van der Waals surface area contributed by atoms with E-state index in [1.165, 1.54) is 0 Å². The summed E-state index contributed by atoms with van der Waals surface area (Å²) < 4.78 is 5.67. The molecule has 0 fully saturated rings. The quantitative estimate of drug-likeness (QED) is 0.452. The Kier molecular flexibility index (Phi) is 7.55. The molecule has 5 nitrogen and oxygen atoms in total. The third-order valence-corrected chi connectivity index (χ3v) is 4.85. The number of carbonyl (C=O) groups is 2. The lowest BCUT2D eigenvalue weighted by Gasteiger charge is -2.21. The van der Waals surface area contributed by atoms with Crippen molar-refractivity contribution >= 4 is 35.0 Å². The molecule has 0 saturated heterocycles. The smallest absolute Gasteiger partial charge is 0.253 e. The Bertz CT molecular complexity index is 974. The minimum absolute atomic E-state index is 0.0378. The monoisotopic (exact) mass is 456 g/mol. The minimum atomic E-state index is -0.764. The molecule has 0 aliphatic carbocycles. The number of benzene rings is 3. The van der Waals surface area contributed by atoms with Gasteiger partial charge in [-0.3, -0.25) is 9.59 Å². The second kappa shape index (κ2) is 10.3. The van der Waals surface area contributed by atoms with E-state index in [0.29, 0.717) is 32.5 Å². The van der Waals surface area contributed by atoms with Gasteiger partial charge in [-0.05, 0) is 80.1 Å². The summed E-state index contributed by atoms with van der Waals surface area (Å²) in [5.41, 5.74) is 1.55. The van der Waals surface area contributed by atoms with Crippen LogP contribution in [0.5, 0.6) is 5.75 Å². The van der Waals surface area contributed by atoms with Gasteiger partial charge in [0.05, 0.1) is 6.10 Å². The Morgan fingerprint density at radius 3 is 1.52 bits per heavy atom. The molecular formula is C24H22Cl2N2O3. The van der Waals surface area contributed by atoms with E-state index in [2.05, 4.69) is 10.6 Å². The van der Waals surface area contributed by atoms with Gasteiger partial charge >= 0.3 is 0 Å². The third-order valence-electron chi connectivity index (χ3n) is 4.35. The molecule has 7 heteroatoms. The highest BCUT2D eigenvalue weighted by molar-refractivity contribution is 6.31. The van der Waals surface area contributed by atoms with Crippen LogP contribution in [0, 0.1) is 0 Å². The van der Waals surface area contributed by atoms with Crippen LogP contribution in [-0.4, -0.2) is 17.9 Å². The number of amides is 2. The third kappa shape index (κ3) is 6.48. The summed E-state index contributed by atoms with van der Waals surface area (Å²) in [6, 6.07) is 20.2. The fourth-order valence-corrected chi connectivity index (χ4v) is 3.10. The maximum atomic E-state index is 12.8. The Morgan fingerprint density at radius 1 is 0.710 bits per heavy atom. The highest BCUT2D eigenvalue weighted by Crippen LogP contribution is 2.19. The first-order chi connectivity index (χ1) is 14.8. The van der Waals surface area contributed by atoms with Crippen molar-refractivity contribution < 1.29 is 14.3 Å². The van der Waals surface area contributed by atoms with Gasteiger partial charge in [-0.25, -0.2) is 0 Å². The Balaban J connectivity index is 1.83. The number of ether oxygens (including phenoxy) is 1. The Morgan fingerprint density at radius 2 is 1.13 bits per heavy atom. The zero-order valence-corrected chi connectivity index (χ0v) is 18.6. The van der Waals surface area contributed by atoms with Crippen molar-refractivity contribution in [1.82, 2.24) is 10.6 Å². The number of nitrogens with one attached hydrogen (secondary N) is 2. The van der Waals surface area contributed by atoms with E-state index in [0.717, 1.165) is 0 Å². The SMILES string of the molecule is CC(C)Oc1ccc(C(NC(=O)c2ccc(Cl)cc2)NC(=O)c2ccc(Cl)cc2)cc1. The molecule has 0 unspecified atom stereocenters. The van der Waals surface area contributed by atoms with E-state index >= 15 is 0 Å². The van der Waals surface area contributed by atoms with E-state index in [1.807, 2.05) is 13.8 Å². The molecular weight excluding hydrogens is 435 g/mol. The van der Waals surface area contributed by atoms with Gasteiger partial charge in [0.2, 0.25) is 0 Å². The van der Waals surface area contributed by atoms with E-state index in [-0.39, 0.29) is 17.9 Å². The number of hydrogen-bond donors (Lipinski definition) is 2. The Hall–Kier alpha value is -3.02. The molecule has 160 valence electrons. The van der Waals surface area contributed by atoms with Crippen LogP contribution in [-0.2, 0) is 0 Å². The molecule has 31 heavy (non-hydrogen) atoms. The van der Waals surface area contributed by atoms with Gasteiger partial charge in [-0.2, -0.15) is 0 Å². The number of carbonyl (C=O) groups excluding carboxylic acids is 2. The molecule has 0 aliphatic rings. The van der Waals surface area contributed by atoms with Crippen LogP contribution in [0.4, 0.5) is 0 Å². The number of hydrogen-bond acceptors (Lipinski definition) is 3. The zero-order valence-electron chi connectivity index (χ0n) is 17.1. The van der Waals surface area contributed by atoms with Gasteiger partial charge in [0, 0.05) is 21.2 Å². The van der Waals surface area contributed by atoms with Crippen LogP contribution in [0.3, 0.4) is 0 Å². The zero-order chi connectivity index (χ0) is 22.4. The molecule has 3 rings (SSSR count). The van der Waals surface area contributed by atoms with Crippen LogP contribution < -0.4 is 15.4 Å². The van der Waals surface area contributed by atoms with Crippen molar-refractivity contribution in [2.24, 2.45) is 0 Å². The topological polar surface area (TPSA) is 67.4 Å². The fraction of sp³-hybridized carbons (Fsp3) is 0.167. The lowest BCUT2D eigenvalue weighted by Crippen LogP contribution is -2.41. The standard InChI is InChI=1S/C24H22Cl2N2O3/c1-15(2)31-21-13-7-16(8-14-21)22(27-23(29)17-3-9-19(25)10-4-17)28-24(30)18-5-11-20(26)12-6-18/h3-15,22H,1-2H3,(H,27,29)(H,28,30). The first-order valence-electron chi connectivity index (χ1n) is 9.71. The molecule has 2 amide bonds. The maximum Gasteiger partial charge on any atom is 0.253 e.